The highest BCUT2D eigenvalue weighted by atomic mass is 32.2. The monoisotopic (exact) mass is 414 g/mol. The number of piperazine rings is 1. The number of hydrogen-bond donors (Lipinski definition) is 1. The SMILES string of the molecule is O=S(=O)(c1ccc(C(F)(F)F)cc1)N1CCN(CC(O)c2ccccc2)CC1. The number of benzene rings is 2. The van der Waals surface area contributed by atoms with Gasteiger partial charge in [0, 0.05) is 32.7 Å². The molecule has 0 bridgehead atoms. The summed E-state index contributed by atoms with van der Waals surface area (Å²) in [6.45, 7) is 1.68. The first-order valence-electron chi connectivity index (χ1n) is 8.81. The number of sulfonamides is 1. The van der Waals surface area contributed by atoms with Crippen LogP contribution in [-0.2, 0) is 16.2 Å². The molecule has 1 aliphatic heterocycles. The van der Waals surface area contributed by atoms with E-state index in [4.69, 9.17) is 0 Å². The van der Waals surface area contributed by atoms with Crippen molar-refractivity contribution in [3.63, 3.8) is 0 Å². The highest BCUT2D eigenvalue weighted by molar-refractivity contribution is 7.89. The molecule has 1 saturated heterocycles. The van der Waals surface area contributed by atoms with Gasteiger partial charge in [0.15, 0.2) is 0 Å². The summed E-state index contributed by atoms with van der Waals surface area (Å²) < 4.78 is 64.6. The second-order valence-electron chi connectivity index (χ2n) is 6.65. The lowest BCUT2D eigenvalue weighted by molar-refractivity contribution is -0.137. The molecule has 0 aromatic heterocycles. The molecule has 0 saturated carbocycles. The smallest absolute Gasteiger partial charge is 0.387 e. The normalized spacial score (nSPS) is 18.1. The van der Waals surface area contributed by atoms with Crippen LogP contribution in [0.3, 0.4) is 0 Å². The fourth-order valence-corrected chi connectivity index (χ4v) is 4.56. The summed E-state index contributed by atoms with van der Waals surface area (Å²) in [4.78, 5) is 1.81. The minimum absolute atomic E-state index is 0.154. The van der Waals surface area contributed by atoms with Crippen molar-refractivity contribution < 1.29 is 26.7 Å². The van der Waals surface area contributed by atoms with Crippen molar-refractivity contribution in [2.45, 2.75) is 17.2 Å². The van der Waals surface area contributed by atoms with E-state index in [2.05, 4.69) is 0 Å². The highest BCUT2D eigenvalue weighted by Gasteiger charge is 2.32. The Labute approximate surface area is 162 Å². The van der Waals surface area contributed by atoms with Crippen molar-refractivity contribution in [2.75, 3.05) is 32.7 Å². The van der Waals surface area contributed by atoms with Gasteiger partial charge in [0.25, 0.3) is 0 Å². The largest absolute Gasteiger partial charge is 0.416 e. The molecule has 0 aliphatic carbocycles. The third-order valence-electron chi connectivity index (χ3n) is 4.77. The third-order valence-corrected chi connectivity index (χ3v) is 6.68. The van der Waals surface area contributed by atoms with Gasteiger partial charge in [0.05, 0.1) is 16.6 Å². The van der Waals surface area contributed by atoms with Crippen LogP contribution in [0.2, 0.25) is 0 Å². The Morgan fingerprint density at radius 2 is 1.50 bits per heavy atom. The molecule has 1 fully saturated rings. The van der Waals surface area contributed by atoms with E-state index in [-0.39, 0.29) is 18.0 Å². The van der Waals surface area contributed by atoms with Gasteiger partial charge in [-0.3, -0.25) is 4.90 Å². The zero-order chi connectivity index (χ0) is 20.4. The fraction of sp³-hybridized carbons (Fsp3) is 0.368. The second kappa shape index (κ2) is 8.20. The molecule has 1 unspecified atom stereocenters. The Kier molecular flexibility index (Phi) is 6.09. The molecule has 0 spiro atoms. The van der Waals surface area contributed by atoms with E-state index in [0.717, 1.165) is 29.8 Å². The maximum absolute atomic E-state index is 12.7. The summed E-state index contributed by atoms with van der Waals surface area (Å²) in [6, 6.07) is 12.7. The second-order valence-corrected chi connectivity index (χ2v) is 8.59. The molecule has 1 aliphatic rings. The first-order chi connectivity index (χ1) is 13.2. The predicted molar refractivity (Wildman–Crippen MR) is 98.0 cm³/mol. The van der Waals surface area contributed by atoms with Crippen LogP contribution in [0, 0.1) is 0 Å². The summed E-state index contributed by atoms with van der Waals surface area (Å²) in [5, 5.41) is 10.3. The molecule has 2 aromatic rings. The number of aliphatic hydroxyl groups excluding tert-OH is 1. The molecule has 28 heavy (non-hydrogen) atoms. The lowest BCUT2D eigenvalue weighted by Gasteiger charge is -2.35. The van der Waals surface area contributed by atoms with Crippen molar-refractivity contribution in [3.8, 4) is 0 Å². The lowest BCUT2D eigenvalue weighted by atomic mass is 10.1. The minimum Gasteiger partial charge on any atom is -0.387 e. The van der Waals surface area contributed by atoms with Crippen molar-refractivity contribution >= 4 is 10.0 Å². The lowest BCUT2D eigenvalue weighted by Crippen LogP contribution is -2.49. The molecule has 1 atom stereocenters. The molecule has 1 N–H and O–H groups in total. The highest BCUT2D eigenvalue weighted by Crippen LogP contribution is 2.30. The molecule has 5 nitrogen and oxygen atoms in total. The molecule has 1 heterocycles. The van der Waals surface area contributed by atoms with E-state index in [1.165, 1.54) is 4.31 Å². The first kappa shape index (κ1) is 20.8. The Morgan fingerprint density at radius 1 is 0.929 bits per heavy atom. The van der Waals surface area contributed by atoms with E-state index < -0.39 is 27.9 Å². The number of hydrogen-bond acceptors (Lipinski definition) is 4. The van der Waals surface area contributed by atoms with Crippen LogP contribution in [0.15, 0.2) is 59.5 Å². The van der Waals surface area contributed by atoms with Gasteiger partial charge in [-0.2, -0.15) is 17.5 Å². The number of alkyl halides is 3. The van der Waals surface area contributed by atoms with Gasteiger partial charge < -0.3 is 5.11 Å². The zero-order valence-corrected chi connectivity index (χ0v) is 15.8. The van der Waals surface area contributed by atoms with E-state index in [0.29, 0.717) is 19.6 Å². The van der Waals surface area contributed by atoms with Crippen LogP contribution in [0.5, 0.6) is 0 Å². The minimum atomic E-state index is -4.51. The van der Waals surface area contributed by atoms with Crippen LogP contribution >= 0.6 is 0 Å². The summed E-state index contributed by atoms with van der Waals surface area (Å²) >= 11 is 0. The van der Waals surface area contributed by atoms with Gasteiger partial charge in [-0.1, -0.05) is 30.3 Å². The summed E-state index contributed by atoms with van der Waals surface area (Å²) in [5.41, 5.74) is -0.0894. The summed E-state index contributed by atoms with van der Waals surface area (Å²) in [7, 11) is -3.85. The van der Waals surface area contributed by atoms with Gasteiger partial charge in [-0.05, 0) is 29.8 Å². The van der Waals surface area contributed by atoms with Gasteiger partial charge in [-0.25, -0.2) is 8.42 Å². The summed E-state index contributed by atoms with van der Waals surface area (Å²) in [6.07, 6.45) is -5.17. The molecule has 0 radical (unpaired) electrons. The van der Waals surface area contributed by atoms with Crippen LogP contribution in [0.4, 0.5) is 13.2 Å². The quantitative estimate of drug-likeness (QED) is 0.818. The Hall–Kier alpha value is -1.94. The fourth-order valence-electron chi connectivity index (χ4n) is 3.14. The van der Waals surface area contributed by atoms with Gasteiger partial charge in [-0.15, -0.1) is 0 Å². The third kappa shape index (κ3) is 4.72. The predicted octanol–water partition coefficient (Wildman–Crippen LogP) is 2.75. The first-order valence-corrected chi connectivity index (χ1v) is 10.2. The van der Waals surface area contributed by atoms with E-state index >= 15 is 0 Å². The van der Waals surface area contributed by atoms with Crippen molar-refractivity contribution in [1.29, 1.82) is 0 Å². The summed E-state index contributed by atoms with van der Waals surface area (Å²) in [5.74, 6) is 0. The van der Waals surface area contributed by atoms with Crippen molar-refractivity contribution in [2.24, 2.45) is 0 Å². The number of nitrogens with zero attached hydrogens (tertiary/aromatic N) is 2. The number of β-amino-alcohol motifs (C(OH)–C–C–N with tert-alkyl or cyclic N) is 1. The van der Waals surface area contributed by atoms with Crippen LogP contribution in [0.25, 0.3) is 0 Å². The molecular formula is C19H21F3N2O3S. The Morgan fingerprint density at radius 3 is 2.04 bits per heavy atom. The van der Waals surface area contributed by atoms with Crippen LogP contribution in [0.1, 0.15) is 17.2 Å². The number of rotatable bonds is 5. The average molecular weight is 414 g/mol. The van der Waals surface area contributed by atoms with Crippen LogP contribution < -0.4 is 0 Å². The molecule has 2 aromatic carbocycles. The number of aliphatic hydroxyl groups is 1. The molecule has 152 valence electrons. The Balaban J connectivity index is 1.60. The molecule has 3 rings (SSSR count). The van der Waals surface area contributed by atoms with E-state index in [1.54, 1.807) is 0 Å². The number of halogens is 3. The average Bonchev–Trinajstić information content (AvgIpc) is 2.68. The van der Waals surface area contributed by atoms with Gasteiger partial charge >= 0.3 is 6.18 Å². The zero-order valence-electron chi connectivity index (χ0n) is 15.0. The van der Waals surface area contributed by atoms with Crippen molar-refractivity contribution in [3.05, 3.63) is 65.7 Å². The molecular weight excluding hydrogens is 393 g/mol. The molecule has 9 heteroatoms. The van der Waals surface area contributed by atoms with Gasteiger partial charge in [0.1, 0.15) is 0 Å². The van der Waals surface area contributed by atoms with Crippen LogP contribution in [-0.4, -0.2) is 55.5 Å². The maximum atomic E-state index is 12.7. The van der Waals surface area contributed by atoms with Gasteiger partial charge in [0.2, 0.25) is 10.0 Å². The maximum Gasteiger partial charge on any atom is 0.416 e. The van der Waals surface area contributed by atoms with E-state index in [1.807, 2.05) is 35.2 Å². The van der Waals surface area contributed by atoms with Crippen molar-refractivity contribution in [1.82, 2.24) is 9.21 Å². The Bertz CT molecular complexity index is 879. The standard InChI is InChI=1S/C19H21F3N2O3S/c20-19(21,22)16-6-8-17(9-7-16)28(26,27)24-12-10-23(11-13-24)14-18(25)15-4-2-1-3-5-15/h1-9,18,25H,10-14H2. The van der Waals surface area contributed by atoms with E-state index in [9.17, 15) is 26.7 Å². The molecule has 0 amide bonds. The topological polar surface area (TPSA) is 60.9 Å².